The van der Waals surface area contributed by atoms with Gasteiger partial charge in [0, 0.05) is 6.42 Å². The van der Waals surface area contributed by atoms with Crippen molar-refractivity contribution in [2.75, 3.05) is 6.61 Å². The fraction of sp³-hybridized carbons (Fsp3) is 0.417. The number of cyclic esters (lactones) is 1. The molecule has 1 N–H and O–H groups in total. The Labute approximate surface area is 89.4 Å². The van der Waals surface area contributed by atoms with Crippen molar-refractivity contribution in [1.82, 2.24) is 5.32 Å². The molecule has 2 rings (SSSR count). The Morgan fingerprint density at radius 2 is 2.13 bits per heavy atom. The van der Waals surface area contributed by atoms with E-state index in [2.05, 4.69) is 37.4 Å². The zero-order chi connectivity index (χ0) is 10.8. The minimum atomic E-state index is -0.315. The van der Waals surface area contributed by atoms with E-state index in [0.29, 0.717) is 6.61 Å². The van der Waals surface area contributed by atoms with E-state index in [0.717, 1.165) is 12.0 Å². The molecule has 0 saturated carbocycles. The maximum atomic E-state index is 11.1. The molecule has 1 aliphatic heterocycles. The van der Waals surface area contributed by atoms with E-state index in [4.69, 9.17) is 4.74 Å². The molecule has 1 amide bonds. The largest absolute Gasteiger partial charge is 0.449 e. The zero-order valence-corrected chi connectivity index (χ0v) is 9.04. The van der Waals surface area contributed by atoms with Crippen LogP contribution in [0.4, 0.5) is 4.79 Å². The van der Waals surface area contributed by atoms with E-state index in [9.17, 15) is 4.79 Å². The van der Waals surface area contributed by atoms with Gasteiger partial charge in [0.15, 0.2) is 0 Å². The summed E-state index contributed by atoms with van der Waals surface area (Å²) in [7, 11) is 0. The minimum absolute atomic E-state index is 0.102. The van der Waals surface area contributed by atoms with Crippen LogP contribution in [0.3, 0.4) is 0 Å². The number of carbonyl (C=O) groups excluding carboxylic acids is 1. The predicted octanol–water partition coefficient (Wildman–Crippen LogP) is 2.47. The summed E-state index contributed by atoms with van der Waals surface area (Å²) in [4.78, 5) is 11.1. The number of carbonyl (C=O) groups is 1. The molecule has 80 valence electrons. The summed E-state index contributed by atoms with van der Waals surface area (Å²) >= 11 is 0. The highest BCUT2D eigenvalue weighted by Gasteiger charge is 2.20. The van der Waals surface area contributed by atoms with Gasteiger partial charge < -0.3 is 10.1 Å². The van der Waals surface area contributed by atoms with Gasteiger partial charge in [0.05, 0.1) is 12.6 Å². The molecule has 1 heterocycles. The van der Waals surface area contributed by atoms with Crippen LogP contribution in [0.1, 0.15) is 29.2 Å². The van der Waals surface area contributed by atoms with Gasteiger partial charge in [-0.2, -0.15) is 0 Å². The predicted molar refractivity (Wildman–Crippen MR) is 57.8 cm³/mol. The summed E-state index contributed by atoms with van der Waals surface area (Å²) in [6.45, 7) is 4.67. The highest BCUT2D eigenvalue weighted by Crippen LogP contribution is 2.22. The van der Waals surface area contributed by atoms with Crippen molar-refractivity contribution >= 4 is 6.09 Å². The smallest absolute Gasteiger partial charge is 0.407 e. The van der Waals surface area contributed by atoms with Gasteiger partial charge in [-0.15, -0.1) is 0 Å². The fourth-order valence-electron chi connectivity index (χ4n) is 1.76. The number of hydrogen-bond donors (Lipinski definition) is 1. The van der Waals surface area contributed by atoms with Gasteiger partial charge in [-0.3, -0.25) is 0 Å². The van der Waals surface area contributed by atoms with E-state index in [1.54, 1.807) is 0 Å². The van der Waals surface area contributed by atoms with Crippen LogP contribution in [-0.2, 0) is 4.74 Å². The standard InChI is InChI=1S/C12H15NO2/c1-8-3-4-10(7-9(8)2)11-5-6-15-12(14)13-11/h3-4,7,11H,5-6H2,1-2H3,(H,13,14)/t11-/m0/s1. The van der Waals surface area contributed by atoms with Crippen LogP contribution in [0, 0.1) is 13.8 Å². The van der Waals surface area contributed by atoms with Gasteiger partial charge in [0.2, 0.25) is 0 Å². The van der Waals surface area contributed by atoms with Crippen LogP contribution in [-0.4, -0.2) is 12.7 Å². The van der Waals surface area contributed by atoms with Gasteiger partial charge in [0.1, 0.15) is 0 Å². The second-order valence-corrected chi connectivity index (χ2v) is 3.97. The van der Waals surface area contributed by atoms with Gasteiger partial charge >= 0.3 is 6.09 Å². The number of aryl methyl sites for hydroxylation is 2. The lowest BCUT2D eigenvalue weighted by molar-refractivity contribution is 0.115. The highest BCUT2D eigenvalue weighted by atomic mass is 16.5. The first-order chi connectivity index (χ1) is 7.16. The Bertz CT molecular complexity index is 387. The highest BCUT2D eigenvalue weighted by molar-refractivity contribution is 5.68. The molecule has 0 aromatic heterocycles. The lowest BCUT2D eigenvalue weighted by atomic mass is 9.99. The average Bonchev–Trinajstić information content (AvgIpc) is 2.22. The lowest BCUT2D eigenvalue weighted by Gasteiger charge is -2.24. The fourth-order valence-corrected chi connectivity index (χ4v) is 1.76. The van der Waals surface area contributed by atoms with Crippen LogP contribution in [0.5, 0.6) is 0 Å². The molecule has 1 aliphatic rings. The molecule has 0 radical (unpaired) electrons. The number of nitrogens with one attached hydrogen (secondary N) is 1. The van der Waals surface area contributed by atoms with Crippen molar-refractivity contribution in [3.05, 3.63) is 34.9 Å². The van der Waals surface area contributed by atoms with E-state index >= 15 is 0 Å². The Morgan fingerprint density at radius 3 is 2.80 bits per heavy atom. The lowest BCUT2D eigenvalue weighted by Crippen LogP contribution is -2.35. The number of benzene rings is 1. The number of ether oxygens (including phenoxy) is 1. The van der Waals surface area contributed by atoms with Crippen molar-refractivity contribution in [2.24, 2.45) is 0 Å². The SMILES string of the molecule is Cc1ccc([C@@H]2CCOC(=O)N2)cc1C. The topological polar surface area (TPSA) is 38.3 Å². The van der Waals surface area contributed by atoms with Gasteiger partial charge in [0.25, 0.3) is 0 Å². The van der Waals surface area contributed by atoms with Crippen LogP contribution >= 0.6 is 0 Å². The molecule has 1 aromatic carbocycles. The number of hydrogen-bond acceptors (Lipinski definition) is 2. The third kappa shape index (κ3) is 2.12. The molecular weight excluding hydrogens is 190 g/mol. The normalized spacial score (nSPS) is 20.7. The molecule has 1 atom stereocenters. The molecule has 15 heavy (non-hydrogen) atoms. The summed E-state index contributed by atoms with van der Waals surface area (Å²) in [5.41, 5.74) is 3.69. The second-order valence-electron chi connectivity index (χ2n) is 3.97. The summed E-state index contributed by atoms with van der Waals surface area (Å²) in [6, 6.07) is 6.39. The molecule has 0 unspecified atom stereocenters. The molecule has 1 saturated heterocycles. The monoisotopic (exact) mass is 205 g/mol. The van der Waals surface area contributed by atoms with Gasteiger partial charge in [-0.1, -0.05) is 18.2 Å². The summed E-state index contributed by atoms with van der Waals surface area (Å²) in [5.74, 6) is 0. The van der Waals surface area contributed by atoms with E-state index in [1.165, 1.54) is 11.1 Å². The van der Waals surface area contributed by atoms with Gasteiger partial charge in [-0.05, 0) is 30.5 Å². The first-order valence-electron chi connectivity index (χ1n) is 5.17. The first kappa shape index (κ1) is 10.0. The Kier molecular flexibility index (Phi) is 2.62. The molecule has 3 heteroatoms. The quantitative estimate of drug-likeness (QED) is 0.764. The van der Waals surface area contributed by atoms with Crippen molar-refractivity contribution in [3.8, 4) is 0 Å². The number of amides is 1. The van der Waals surface area contributed by atoms with Crippen LogP contribution in [0.15, 0.2) is 18.2 Å². The Balaban J connectivity index is 2.21. The average molecular weight is 205 g/mol. The van der Waals surface area contributed by atoms with Crippen molar-refractivity contribution < 1.29 is 9.53 Å². The maximum absolute atomic E-state index is 11.1. The Hall–Kier alpha value is -1.51. The van der Waals surface area contributed by atoms with E-state index in [-0.39, 0.29) is 12.1 Å². The minimum Gasteiger partial charge on any atom is -0.449 e. The Morgan fingerprint density at radius 1 is 1.33 bits per heavy atom. The molecule has 1 fully saturated rings. The van der Waals surface area contributed by atoms with Crippen LogP contribution in [0.2, 0.25) is 0 Å². The first-order valence-corrected chi connectivity index (χ1v) is 5.17. The zero-order valence-electron chi connectivity index (χ0n) is 9.04. The third-order valence-corrected chi connectivity index (χ3v) is 2.87. The van der Waals surface area contributed by atoms with Crippen LogP contribution in [0.25, 0.3) is 0 Å². The molecule has 3 nitrogen and oxygen atoms in total. The van der Waals surface area contributed by atoms with E-state index in [1.807, 2.05) is 0 Å². The summed E-state index contributed by atoms with van der Waals surface area (Å²) in [6.07, 6.45) is 0.526. The van der Waals surface area contributed by atoms with E-state index < -0.39 is 0 Å². The third-order valence-electron chi connectivity index (χ3n) is 2.87. The summed E-state index contributed by atoms with van der Waals surface area (Å²) < 4.78 is 4.83. The van der Waals surface area contributed by atoms with Crippen molar-refractivity contribution in [1.29, 1.82) is 0 Å². The molecule has 0 spiro atoms. The molecule has 0 bridgehead atoms. The van der Waals surface area contributed by atoms with Crippen molar-refractivity contribution in [3.63, 3.8) is 0 Å². The number of rotatable bonds is 1. The molecule has 0 aliphatic carbocycles. The molecular formula is C12H15NO2. The molecule has 1 aromatic rings. The second kappa shape index (κ2) is 3.93. The van der Waals surface area contributed by atoms with Gasteiger partial charge in [-0.25, -0.2) is 4.79 Å². The summed E-state index contributed by atoms with van der Waals surface area (Å²) in [5, 5.41) is 2.82. The number of alkyl carbamates (subject to hydrolysis) is 1. The van der Waals surface area contributed by atoms with Crippen molar-refractivity contribution in [2.45, 2.75) is 26.3 Å². The maximum Gasteiger partial charge on any atom is 0.407 e. The van der Waals surface area contributed by atoms with Crippen LogP contribution < -0.4 is 5.32 Å².